The maximum atomic E-state index is 12.0. The molecule has 104 valence electrons. The Balaban J connectivity index is 2.21. The van der Waals surface area contributed by atoms with Gasteiger partial charge in [0.15, 0.2) is 11.4 Å². The van der Waals surface area contributed by atoms with Gasteiger partial charge in [-0.25, -0.2) is 0 Å². The number of carbonyl (C=O) groups is 1. The summed E-state index contributed by atoms with van der Waals surface area (Å²) in [7, 11) is 0. The Hall–Kier alpha value is -1.43. The lowest BCUT2D eigenvalue weighted by molar-refractivity contribution is -0.132. The van der Waals surface area contributed by atoms with Crippen molar-refractivity contribution in [3.05, 3.63) is 35.3 Å². The molecule has 0 spiro atoms. The van der Waals surface area contributed by atoms with E-state index in [0.29, 0.717) is 31.0 Å². The Kier molecular flexibility index (Phi) is 4.19. The third kappa shape index (κ3) is 2.49. The van der Waals surface area contributed by atoms with Crippen molar-refractivity contribution in [2.45, 2.75) is 19.4 Å². The van der Waals surface area contributed by atoms with Crippen molar-refractivity contribution >= 4 is 5.78 Å². The van der Waals surface area contributed by atoms with Gasteiger partial charge in [0, 0.05) is 24.4 Å². The van der Waals surface area contributed by atoms with Gasteiger partial charge in [0.2, 0.25) is 0 Å². The van der Waals surface area contributed by atoms with Crippen molar-refractivity contribution < 1.29 is 24.1 Å². The smallest absolute Gasteiger partial charge is 0.194 e. The third-order valence-corrected chi connectivity index (χ3v) is 3.14. The van der Waals surface area contributed by atoms with Gasteiger partial charge in [-0.15, -0.1) is 0 Å². The average molecular weight is 266 g/mol. The van der Waals surface area contributed by atoms with Gasteiger partial charge in [-0.2, -0.15) is 0 Å². The summed E-state index contributed by atoms with van der Waals surface area (Å²) in [6, 6.07) is 0. The molecule has 0 bridgehead atoms. The minimum Gasteiger partial charge on any atom is -0.472 e. The van der Waals surface area contributed by atoms with Crippen molar-refractivity contribution in [2.75, 3.05) is 26.4 Å². The first-order valence-corrected chi connectivity index (χ1v) is 6.33. The summed E-state index contributed by atoms with van der Waals surface area (Å²) in [6.07, 6.45) is 4.36. The lowest BCUT2D eigenvalue weighted by Crippen LogP contribution is -2.41. The van der Waals surface area contributed by atoms with E-state index in [0.717, 1.165) is 5.57 Å². The van der Waals surface area contributed by atoms with Crippen LogP contribution in [-0.4, -0.2) is 42.9 Å². The number of aliphatic hydroxyl groups is 1. The van der Waals surface area contributed by atoms with Crippen molar-refractivity contribution in [2.24, 2.45) is 0 Å². The molecule has 0 radical (unpaired) electrons. The van der Waals surface area contributed by atoms with Crippen LogP contribution in [0.5, 0.6) is 0 Å². The van der Waals surface area contributed by atoms with Crippen LogP contribution in [0.4, 0.5) is 0 Å². The molecule has 0 fully saturated rings. The molecule has 19 heavy (non-hydrogen) atoms. The van der Waals surface area contributed by atoms with E-state index in [-0.39, 0.29) is 12.4 Å². The number of ketones is 1. The molecule has 0 unspecified atom stereocenters. The van der Waals surface area contributed by atoms with Crippen molar-refractivity contribution in [1.82, 2.24) is 0 Å². The van der Waals surface area contributed by atoms with Crippen LogP contribution in [0, 0.1) is 0 Å². The van der Waals surface area contributed by atoms with Crippen LogP contribution >= 0.6 is 0 Å². The molecule has 5 nitrogen and oxygen atoms in total. The maximum Gasteiger partial charge on any atom is 0.194 e. The van der Waals surface area contributed by atoms with E-state index in [1.807, 2.05) is 13.8 Å². The number of carbonyl (C=O) groups excluding carboxylic acids is 1. The van der Waals surface area contributed by atoms with E-state index < -0.39 is 5.60 Å². The fraction of sp³-hybridized carbons (Fsp3) is 0.500. The van der Waals surface area contributed by atoms with Gasteiger partial charge < -0.3 is 19.3 Å². The van der Waals surface area contributed by atoms with Gasteiger partial charge in [0.05, 0.1) is 25.7 Å². The SMILES string of the molecule is CCOCC1=COC=C2C1=CC(=O)[C@]2(O)COCC. The van der Waals surface area contributed by atoms with E-state index in [1.165, 1.54) is 18.6 Å². The van der Waals surface area contributed by atoms with Crippen LogP contribution < -0.4 is 0 Å². The summed E-state index contributed by atoms with van der Waals surface area (Å²) in [4.78, 5) is 12.0. The molecule has 2 rings (SSSR count). The van der Waals surface area contributed by atoms with Gasteiger partial charge in [-0.05, 0) is 25.5 Å². The molecular weight excluding hydrogens is 248 g/mol. The van der Waals surface area contributed by atoms with Crippen LogP contribution in [0.15, 0.2) is 35.3 Å². The summed E-state index contributed by atoms with van der Waals surface area (Å²) in [5.41, 5.74) is 0.229. The molecule has 1 heterocycles. The molecular formula is C14H18O5. The molecule has 0 amide bonds. The summed E-state index contributed by atoms with van der Waals surface area (Å²) >= 11 is 0. The quantitative estimate of drug-likeness (QED) is 0.780. The maximum absolute atomic E-state index is 12.0. The van der Waals surface area contributed by atoms with E-state index >= 15 is 0 Å². The topological polar surface area (TPSA) is 65.0 Å². The molecule has 2 aliphatic rings. The molecule has 0 aromatic rings. The van der Waals surface area contributed by atoms with Crippen LogP contribution in [0.3, 0.4) is 0 Å². The summed E-state index contributed by atoms with van der Waals surface area (Å²) in [6.45, 7) is 4.97. The van der Waals surface area contributed by atoms with E-state index in [2.05, 4.69) is 0 Å². The summed E-state index contributed by atoms with van der Waals surface area (Å²) < 4.78 is 15.7. The Bertz CT molecular complexity index is 460. The molecule has 1 aliphatic carbocycles. The monoisotopic (exact) mass is 266 g/mol. The number of ether oxygens (including phenoxy) is 3. The zero-order chi connectivity index (χ0) is 13.9. The first kappa shape index (κ1) is 14.0. The number of hydrogen-bond acceptors (Lipinski definition) is 5. The highest BCUT2D eigenvalue weighted by molar-refractivity contribution is 6.06. The fourth-order valence-corrected chi connectivity index (χ4v) is 2.08. The number of rotatable bonds is 6. The lowest BCUT2D eigenvalue weighted by atomic mass is 9.91. The van der Waals surface area contributed by atoms with Gasteiger partial charge in [-0.1, -0.05) is 0 Å². The normalized spacial score (nSPS) is 25.4. The molecule has 1 N–H and O–H groups in total. The second-order valence-electron chi connectivity index (χ2n) is 4.37. The lowest BCUT2D eigenvalue weighted by Gasteiger charge is -2.26. The van der Waals surface area contributed by atoms with Gasteiger partial charge >= 0.3 is 0 Å². The van der Waals surface area contributed by atoms with Gasteiger partial charge in [-0.3, -0.25) is 4.79 Å². The second kappa shape index (κ2) is 5.69. The standard InChI is InChI=1S/C14H18O5/c1-3-17-6-10-7-19-8-12-11(10)5-13(15)14(12,16)9-18-4-2/h5,7-8,16H,3-4,6,9H2,1-2H3/t14-/m0/s1. The highest BCUT2D eigenvalue weighted by Gasteiger charge is 2.47. The minimum absolute atomic E-state index is 0.0700. The molecule has 1 atom stereocenters. The fourth-order valence-electron chi connectivity index (χ4n) is 2.08. The molecule has 5 heteroatoms. The zero-order valence-corrected chi connectivity index (χ0v) is 11.1. The highest BCUT2D eigenvalue weighted by atomic mass is 16.5. The third-order valence-electron chi connectivity index (χ3n) is 3.14. The number of hydrogen-bond donors (Lipinski definition) is 1. The highest BCUT2D eigenvalue weighted by Crippen LogP contribution is 2.39. The first-order chi connectivity index (χ1) is 9.13. The first-order valence-electron chi connectivity index (χ1n) is 6.33. The van der Waals surface area contributed by atoms with Crippen molar-refractivity contribution in [3.63, 3.8) is 0 Å². The van der Waals surface area contributed by atoms with E-state index in [4.69, 9.17) is 14.2 Å². The number of fused-ring (bicyclic) bond motifs is 1. The van der Waals surface area contributed by atoms with E-state index in [9.17, 15) is 9.90 Å². The Morgan fingerprint density at radius 1 is 1.26 bits per heavy atom. The van der Waals surface area contributed by atoms with E-state index in [1.54, 1.807) is 0 Å². The zero-order valence-electron chi connectivity index (χ0n) is 11.1. The minimum atomic E-state index is -1.64. The van der Waals surface area contributed by atoms with Gasteiger partial charge in [0.1, 0.15) is 0 Å². The molecule has 1 aliphatic heterocycles. The van der Waals surface area contributed by atoms with Crippen LogP contribution in [0.1, 0.15) is 13.8 Å². The molecule has 0 saturated heterocycles. The Morgan fingerprint density at radius 2 is 2.00 bits per heavy atom. The average Bonchev–Trinajstić information content (AvgIpc) is 2.67. The molecule has 0 saturated carbocycles. The predicted octanol–water partition coefficient (Wildman–Crippen LogP) is 1.10. The van der Waals surface area contributed by atoms with Crippen LogP contribution in [-0.2, 0) is 19.0 Å². The Labute approximate surface area is 112 Å². The van der Waals surface area contributed by atoms with Crippen molar-refractivity contribution in [3.8, 4) is 0 Å². The van der Waals surface area contributed by atoms with Crippen LogP contribution in [0.2, 0.25) is 0 Å². The van der Waals surface area contributed by atoms with Crippen molar-refractivity contribution in [1.29, 1.82) is 0 Å². The second-order valence-corrected chi connectivity index (χ2v) is 4.37. The largest absolute Gasteiger partial charge is 0.472 e. The summed E-state index contributed by atoms with van der Waals surface area (Å²) in [5.74, 6) is -0.380. The van der Waals surface area contributed by atoms with Gasteiger partial charge in [0.25, 0.3) is 0 Å². The molecule has 0 aromatic carbocycles. The summed E-state index contributed by atoms with van der Waals surface area (Å²) in [5, 5.41) is 10.5. The van der Waals surface area contributed by atoms with Crippen LogP contribution in [0.25, 0.3) is 0 Å². The Morgan fingerprint density at radius 3 is 2.68 bits per heavy atom. The molecule has 0 aromatic heterocycles. The predicted molar refractivity (Wildman–Crippen MR) is 68.3 cm³/mol.